The minimum absolute atomic E-state index is 0.287. The van der Waals surface area contributed by atoms with Crippen LogP contribution >= 0.6 is 0 Å². The van der Waals surface area contributed by atoms with E-state index in [1.807, 2.05) is 24.3 Å². The van der Waals surface area contributed by atoms with E-state index >= 15 is 0 Å². The summed E-state index contributed by atoms with van der Waals surface area (Å²) in [5.41, 5.74) is 6.37. The van der Waals surface area contributed by atoms with Crippen LogP contribution in [0.25, 0.3) is 5.69 Å². The van der Waals surface area contributed by atoms with E-state index in [0.717, 1.165) is 25.7 Å². The Morgan fingerprint density at radius 1 is 1.29 bits per heavy atom. The van der Waals surface area contributed by atoms with E-state index in [4.69, 9.17) is 10.5 Å². The molecular formula is C15H20N4O2. The van der Waals surface area contributed by atoms with E-state index in [0.29, 0.717) is 17.3 Å². The number of para-hydroxylation sites is 2. The number of hydrogen-bond acceptors (Lipinski definition) is 4. The normalized spacial score (nSPS) is 17.6. The monoisotopic (exact) mass is 288 g/mol. The Balaban J connectivity index is 2.15. The second-order valence-electron chi connectivity index (χ2n) is 5.58. The lowest BCUT2D eigenvalue weighted by atomic mass is 9.82. The molecule has 1 saturated carbocycles. The molecule has 1 aliphatic rings. The van der Waals surface area contributed by atoms with Gasteiger partial charge in [-0.3, -0.25) is 0 Å². The van der Waals surface area contributed by atoms with Crippen molar-refractivity contribution in [3.63, 3.8) is 0 Å². The van der Waals surface area contributed by atoms with E-state index in [2.05, 4.69) is 10.2 Å². The van der Waals surface area contributed by atoms with Gasteiger partial charge in [-0.25, -0.2) is 14.5 Å². The van der Waals surface area contributed by atoms with Gasteiger partial charge in [-0.2, -0.15) is 5.10 Å². The maximum absolute atomic E-state index is 12.2. The first kappa shape index (κ1) is 13.9. The van der Waals surface area contributed by atoms with E-state index < -0.39 is 5.54 Å². The largest absolute Gasteiger partial charge is 0.495 e. The fourth-order valence-electron chi connectivity index (χ4n) is 3.08. The number of benzene rings is 1. The average molecular weight is 288 g/mol. The summed E-state index contributed by atoms with van der Waals surface area (Å²) in [6, 6.07) is 7.39. The molecule has 0 aliphatic heterocycles. The molecule has 1 fully saturated rings. The Kier molecular flexibility index (Phi) is 3.55. The van der Waals surface area contributed by atoms with Crippen LogP contribution in [-0.4, -0.2) is 21.9 Å². The number of rotatable bonds is 3. The van der Waals surface area contributed by atoms with E-state index in [-0.39, 0.29) is 5.69 Å². The third kappa shape index (κ3) is 2.35. The molecule has 3 N–H and O–H groups in total. The van der Waals surface area contributed by atoms with Crippen LogP contribution in [0.2, 0.25) is 0 Å². The third-order valence-electron chi connectivity index (χ3n) is 4.19. The topological polar surface area (TPSA) is 85.9 Å². The van der Waals surface area contributed by atoms with Crippen molar-refractivity contribution in [2.75, 3.05) is 7.11 Å². The molecule has 0 atom stereocenters. The zero-order chi connectivity index (χ0) is 14.9. The molecular weight excluding hydrogens is 268 g/mol. The molecule has 1 aromatic carbocycles. The molecule has 1 aromatic heterocycles. The van der Waals surface area contributed by atoms with Crippen molar-refractivity contribution < 1.29 is 4.74 Å². The maximum Gasteiger partial charge on any atom is 0.348 e. The highest BCUT2D eigenvalue weighted by molar-refractivity contribution is 5.47. The van der Waals surface area contributed by atoms with Crippen molar-refractivity contribution in [1.82, 2.24) is 14.8 Å². The number of aromatic nitrogens is 3. The molecule has 3 rings (SSSR count). The van der Waals surface area contributed by atoms with Gasteiger partial charge in [0.1, 0.15) is 5.75 Å². The standard InChI is InChI=1S/C15H20N4O2/c1-21-12-8-4-3-7-11(12)19-13(17-18-14(19)20)15(16)9-5-2-6-10-15/h3-4,7-8H,2,5-6,9-10,16H2,1H3,(H,18,20). The van der Waals surface area contributed by atoms with Gasteiger partial charge in [0, 0.05) is 0 Å². The van der Waals surface area contributed by atoms with Gasteiger partial charge in [-0.15, -0.1) is 0 Å². The van der Waals surface area contributed by atoms with Crippen LogP contribution in [-0.2, 0) is 5.54 Å². The van der Waals surface area contributed by atoms with E-state index in [1.165, 1.54) is 6.42 Å². The highest BCUT2D eigenvalue weighted by atomic mass is 16.5. The first-order valence-electron chi connectivity index (χ1n) is 7.26. The lowest BCUT2D eigenvalue weighted by Gasteiger charge is -2.32. The molecule has 0 radical (unpaired) electrons. The van der Waals surface area contributed by atoms with Crippen LogP contribution in [0.1, 0.15) is 37.9 Å². The van der Waals surface area contributed by atoms with Crippen LogP contribution in [0.5, 0.6) is 5.75 Å². The SMILES string of the molecule is COc1ccccc1-n1c(C2(N)CCCCC2)n[nH]c1=O. The van der Waals surface area contributed by atoms with Crippen molar-refractivity contribution in [3.05, 3.63) is 40.6 Å². The molecule has 0 spiro atoms. The second-order valence-corrected chi connectivity index (χ2v) is 5.58. The lowest BCUT2D eigenvalue weighted by molar-refractivity contribution is 0.282. The van der Waals surface area contributed by atoms with Gasteiger partial charge in [-0.05, 0) is 25.0 Å². The summed E-state index contributed by atoms with van der Waals surface area (Å²) >= 11 is 0. The number of hydrogen-bond donors (Lipinski definition) is 2. The number of methoxy groups -OCH3 is 1. The van der Waals surface area contributed by atoms with Gasteiger partial charge >= 0.3 is 5.69 Å². The average Bonchev–Trinajstić information content (AvgIpc) is 2.90. The number of nitrogens with two attached hydrogens (primary N) is 1. The summed E-state index contributed by atoms with van der Waals surface area (Å²) in [6.07, 6.45) is 4.98. The van der Waals surface area contributed by atoms with Gasteiger partial charge < -0.3 is 10.5 Å². The molecule has 0 unspecified atom stereocenters. The summed E-state index contributed by atoms with van der Waals surface area (Å²) in [6.45, 7) is 0. The fraction of sp³-hybridized carbons (Fsp3) is 0.467. The Morgan fingerprint density at radius 3 is 2.71 bits per heavy atom. The fourth-order valence-corrected chi connectivity index (χ4v) is 3.08. The van der Waals surface area contributed by atoms with E-state index in [1.54, 1.807) is 11.7 Å². The molecule has 6 heteroatoms. The summed E-state index contributed by atoms with van der Waals surface area (Å²) in [4.78, 5) is 12.2. The summed E-state index contributed by atoms with van der Waals surface area (Å²) in [5, 5.41) is 6.74. The van der Waals surface area contributed by atoms with Crippen molar-refractivity contribution in [1.29, 1.82) is 0 Å². The molecule has 0 amide bonds. The molecule has 6 nitrogen and oxygen atoms in total. The summed E-state index contributed by atoms with van der Waals surface area (Å²) in [7, 11) is 1.59. The minimum atomic E-state index is -0.557. The Labute approximate surface area is 122 Å². The summed E-state index contributed by atoms with van der Waals surface area (Å²) in [5.74, 6) is 1.22. The summed E-state index contributed by atoms with van der Waals surface area (Å²) < 4.78 is 6.90. The second kappa shape index (κ2) is 5.37. The Morgan fingerprint density at radius 2 is 2.00 bits per heavy atom. The van der Waals surface area contributed by atoms with Crippen LogP contribution in [0.4, 0.5) is 0 Å². The number of aromatic amines is 1. The highest BCUT2D eigenvalue weighted by Crippen LogP contribution is 2.35. The maximum atomic E-state index is 12.2. The third-order valence-corrected chi connectivity index (χ3v) is 4.19. The molecule has 0 saturated heterocycles. The predicted molar refractivity (Wildman–Crippen MR) is 79.7 cm³/mol. The molecule has 112 valence electrons. The number of nitrogens with one attached hydrogen (secondary N) is 1. The minimum Gasteiger partial charge on any atom is -0.495 e. The molecule has 0 bridgehead atoms. The van der Waals surface area contributed by atoms with E-state index in [9.17, 15) is 4.79 Å². The Bertz CT molecular complexity index is 683. The van der Waals surface area contributed by atoms with Gasteiger partial charge in [0.25, 0.3) is 0 Å². The van der Waals surface area contributed by atoms with Gasteiger partial charge in [0.15, 0.2) is 5.82 Å². The Hall–Kier alpha value is -2.08. The van der Waals surface area contributed by atoms with Gasteiger partial charge in [0.05, 0.1) is 18.3 Å². The lowest BCUT2D eigenvalue weighted by Crippen LogP contribution is -2.42. The first-order chi connectivity index (χ1) is 10.2. The van der Waals surface area contributed by atoms with Crippen LogP contribution in [0.15, 0.2) is 29.1 Å². The highest BCUT2D eigenvalue weighted by Gasteiger charge is 2.35. The molecule has 1 aliphatic carbocycles. The van der Waals surface area contributed by atoms with Crippen LogP contribution < -0.4 is 16.2 Å². The zero-order valence-electron chi connectivity index (χ0n) is 12.1. The van der Waals surface area contributed by atoms with Crippen LogP contribution in [0, 0.1) is 0 Å². The molecule has 1 heterocycles. The molecule has 21 heavy (non-hydrogen) atoms. The number of nitrogens with zero attached hydrogens (tertiary/aromatic N) is 2. The number of ether oxygens (including phenoxy) is 1. The zero-order valence-corrected chi connectivity index (χ0v) is 12.1. The number of H-pyrrole nitrogens is 1. The first-order valence-corrected chi connectivity index (χ1v) is 7.26. The van der Waals surface area contributed by atoms with Crippen molar-refractivity contribution in [2.24, 2.45) is 5.73 Å². The van der Waals surface area contributed by atoms with Crippen LogP contribution in [0.3, 0.4) is 0 Å². The quantitative estimate of drug-likeness (QED) is 0.900. The smallest absolute Gasteiger partial charge is 0.348 e. The van der Waals surface area contributed by atoms with Gasteiger partial charge in [0.2, 0.25) is 0 Å². The van der Waals surface area contributed by atoms with Crippen molar-refractivity contribution in [3.8, 4) is 11.4 Å². The van der Waals surface area contributed by atoms with Gasteiger partial charge in [-0.1, -0.05) is 31.4 Å². The van der Waals surface area contributed by atoms with Crippen molar-refractivity contribution >= 4 is 0 Å². The molecule has 2 aromatic rings. The predicted octanol–water partition coefficient (Wildman–Crippen LogP) is 1.69. The van der Waals surface area contributed by atoms with Crippen molar-refractivity contribution in [2.45, 2.75) is 37.6 Å².